The molecular weight excluding hydrogens is 380 g/mol. The standard InChI is InChI=1S/C19H20N4O6/c24-14-4-6-16(26)12(8-14)10-20-22-18(28)2-1-3-19(29)23-21-11-13-9-15(25)5-7-17(13)27/h4-11,24-27H,1-3H2,(H,22,28)(H,23,29)/b20-10-,21-11+. The van der Waals surface area contributed by atoms with E-state index in [2.05, 4.69) is 21.1 Å². The summed E-state index contributed by atoms with van der Waals surface area (Å²) < 4.78 is 0. The fourth-order valence-corrected chi connectivity index (χ4v) is 2.16. The van der Waals surface area contributed by atoms with Crippen molar-refractivity contribution in [3.8, 4) is 23.0 Å². The number of carbonyl (C=O) groups is 2. The number of aromatic hydroxyl groups is 4. The second-order valence-electron chi connectivity index (χ2n) is 5.93. The largest absolute Gasteiger partial charge is 0.508 e. The second kappa shape index (κ2) is 10.3. The maximum atomic E-state index is 11.7. The Bertz CT molecular complexity index is 867. The van der Waals surface area contributed by atoms with Gasteiger partial charge in [-0.25, -0.2) is 10.9 Å². The van der Waals surface area contributed by atoms with Crippen molar-refractivity contribution >= 4 is 24.2 Å². The third-order valence-electron chi connectivity index (χ3n) is 3.62. The molecule has 0 fully saturated rings. The summed E-state index contributed by atoms with van der Waals surface area (Å²) in [4.78, 5) is 23.4. The molecule has 0 aliphatic rings. The molecule has 29 heavy (non-hydrogen) atoms. The first-order chi connectivity index (χ1) is 13.8. The van der Waals surface area contributed by atoms with E-state index in [0.29, 0.717) is 0 Å². The molecule has 10 nitrogen and oxygen atoms in total. The number of nitrogens with one attached hydrogen (secondary N) is 2. The lowest BCUT2D eigenvalue weighted by molar-refractivity contribution is -0.122. The lowest BCUT2D eigenvalue weighted by Crippen LogP contribution is -2.20. The van der Waals surface area contributed by atoms with Crippen LogP contribution in [0.4, 0.5) is 0 Å². The first-order valence-electron chi connectivity index (χ1n) is 8.53. The Morgan fingerprint density at radius 1 is 0.759 bits per heavy atom. The Balaban J connectivity index is 1.69. The summed E-state index contributed by atoms with van der Waals surface area (Å²) in [5, 5.41) is 45.2. The maximum absolute atomic E-state index is 11.7. The first kappa shape index (κ1) is 21.2. The molecule has 2 rings (SSSR count). The average molecular weight is 400 g/mol. The molecule has 6 N–H and O–H groups in total. The van der Waals surface area contributed by atoms with Gasteiger partial charge in [-0.2, -0.15) is 10.2 Å². The molecule has 0 radical (unpaired) electrons. The highest BCUT2D eigenvalue weighted by Crippen LogP contribution is 2.20. The van der Waals surface area contributed by atoms with Gasteiger partial charge in [-0.15, -0.1) is 0 Å². The summed E-state index contributed by atoms with van der Waals surface area (Å²) >= 11 is 0. The molecule has 2 amide bonds. The van der Waals surface area contributed by atoms with Gasteiger partial charge in [0.05, 0.1) is 12.4 Å². The highest BCUT2D eigenvalue weighted by atomic mass is 16.3. The summed E-state index contributed by atoms with van der Waals surface area (Å²) in [6.07, 6.45) is 2.69. The maximum Gasteiger partial charge on any atom is 0.240 e. The SMILES string of the molecule is O=C(CCCC(=O)N/N=C/c1cc(O)ccc1O)N/N=C\c1cc(O)ccc1O. The molecule has 0 saturated carbocycles. The van der Waals surface area contributed by atoms with E-state index in [1.54, 1.807) is 0 Å². The third-order valence-corrected chi connectivity index (χ3v) is 3.62. The molecule has 0 aliphatic carbocycles. The van der Waals surface area contributed by atoms with E-state index in [4.69, 9.17) is 0 Å². The molecule has 0 saturated heterocycles. The van der Waals surface area contributed by atoms with E-state index in [-0.39, 0.29) is 53.4 Å². The van der Waals surface area contributed by atoms with Gasteiger partial charge in [0.2, 0.25) is 11.8 Å². The van der Waals surface area contributed by atoms with Crippen LogP contribution in [-0.2, 0) is 9.59 Å². The smallest absolute Gasteiger partial charge is 0.240 e. The minimum Gasteiger partial charge on any atom is -0.508 e. The van der Waals surface area contributed by atoms with Crippen LogP contribution >= 0.6 is 0 Å². The van der Waals surface area contributed by atoms with Crippen molar-refractivity contribution in [1.82, 2.24) is 10.9 Å². The number of phenols is 4. The normalized spacial score (nSPS) is 11.0. The van der Waals surface area contributed by atoms with Gasteiger partial charge in [0.25, 0.3) is 0 Å². The van der Waals surface area contributed by atoms with Crippen LogP contribution in [0.5, 0.6) is 23.0 Å². The van der Waals surface area contributed by atoms with Crippen LogP contribution < -0.4 is 10.9 Å². The summed E-state index contributed by atoms with van der Waals surface area (Å²) in [6, 6.07) is 7.78. The molecule has 10 heteroatoms. The second-order valence-corrected chi connectivity index (χ2v) is 5.93. The Morgan fingerprint density at radius 3 is 1.59 bits per heavy atom. The number of hydrogen-bond acceptors (Lipinski definition) is 8. The van der Waals surface area contributed by atoms with Crippen molar-refractivity contribution < 1.29 is 30.0 Å². The molecular formula is C19H20N4O6. The zero-order chi connectivity index (χ0) is 21.2. The number of phenolic OH excluding ortho intramolecular Hbond substituents is 4. The Kier molecular flexibility index (Phi) is 7.54. The van der Waals surface area contributed by atoms with E-state index < -0.39 is 11.8 Å². The van der Waals surface area contributed by atoms with Crippen molar-refractivity contribution in [2.45, 2.75) is 19.3 Å². The number of benzene rings is 2. The average Bonchev–Trinajstić information content (AvgIpc) is 2.67. The van der Waals surface area contributed by atoms with Crippen molar-refractivity contribution in [3.05, 3.63) is 47.5 Å². The highest BCUT2D eigenvalue weighted by molar-refractivity contribution is 5.86. The van der Waals surface area contributed by atoms with E-state index >= 15 is 0 Å². The van der Waals surface area contributed by atoms with E-state index in [1.807, 2.05) is 0 Å². The monoisotopic (exact) mass is 400 g/mol. The van der Waals surface area contributed by atoms with Crippen molar-refractivity contribution in [3.63, 3.8) is 0 Å². The van der Waals surface area contributed by atoms with Crippen molar-refractivity contribution in [1.29, 1.82) is 0 Å². The number of amides is 2. The van der Waals surface area contributed by atoms with Gasteiger partial charge in [0.1, 0.15) is 23.0 Å². The number of rotatable bonds is 8. The molecule has 0 aliphatic heterocycles. The molecule has 0 aromatic heterocycles. The molecule has 0 atom stereocenters. The fourth-order valence-electron chi connectivity index (χ4n) is 2.16. The van der Waals surface area contributed by atoms with Crippen LogP contribution in [0.3, 0.4) is 0 Å². The lowest BCUT2D eigenvalue weighted by atomic mass is 10.2. The summed E-state index contributed by atoms with van der Waals surface area (Å²) in [5.41, 5.74) is 4.98. The van der Waals surface area contributed by atoms with Gasteiger partial charge >= 0.3 is 0 Å². The zero-order valence-corrected chi connectivity index (χ0v) is 15.2. The Morgan fingerprint density at radius 2 is 1.17 bits per heavy atom. The summed E-state index contributed by atoms with van der Waals surface area (Å²) in [6.45, 7) is 0. The number of hydrazone groups is 2. The molecule has 0 heterocycles. The Labute approximate surface area is 165 Å². The van der Waals surface area contributed by atoms with Gasteiger partial charge in [-0.05, 0) is 42.8 Å². The van der Waals surface area contributed by atoms with Gasteiger partial charge in [0, 0.05) is 24.0 Å². The van der Waals surface area contributed by atoms with Crippen molar-refractivity contribution in [2.75, 3.05) is 0 Å². The number of carbonyl (C=O) groups excluding carboxylic acids is 2. The highest BCUT2D eigenvalue weighted by Gasteiger charge is 2.05. The zero-order valence-electron chi connectivity index (χ0n) is 15.2. The number of hydrogen-bond donors (Lipinski definition) is 6. The van der Waals surface area contributed by atoms with Crippen LogP contribution in [0.1, 0.15) is 30.4 Å². The van der Waals surface area contributed by atoms with Gasteiger partial charge in [-0.3, -0.25) is 9.59 Å². The van der Waals surface area contributed by atoms with Crippen LogP contribution in [0.2, 0.25) is 0 Å². The molecule has 2 aromatic rings. The van der Waals surface area contributed by atoms with Gasteiger partial charge in [0.15, 0.2) is 0 Å². The molecule has 2 aromatic carbocycles. The van der Waals surface area contributed by atoms with E-state index in [0.717, 1.165) is 0 Å². The van der Waals surface area contributed by atoms with E-state index in [1.165, 1.54) is 48.8 Å². The van der Waals surface area contributed by atoms with Crippen LogP contribution in [-0.4, -0.2) is 44.7 Å². The molecule has 0 spiro atoms. The van der Waals surface area contributed by atoms with Crippen LogP contribution in [0.15, 0.2) is 46.6 Å². The fraction of sp³-hybridized carbons (Fsp3) is 0.158. The summed E-state index contributed by atoms with van der Waals surface area (Å²) in [7, 11) is 0. The minimum atomic E-state index is -0.429. The predicted octanol–water partition coefficient (Wildman–Crippen LogP) is 1.28. The van der Waals surface area contributed by atoms with Crippen LogP contribution in [0, 0.1) is 0 Å². The van der Waals surface area contributed by atoms with Crippen molar-refractivity contribution in [2.24, 2.45) is 10.2 Å². The van der Waals surface area contributed by atoms with Crippen LogP contribution in [0.25, 0.3) is 0 Å². The molecule has 0 bridgehead atoms. The van der Waals surface area contributed by atoms with Gasteiger partial charge < -0.3 is 20.4 Å². The molecule has 152 valence electrons. The van der Waals surface area contributed by atoms with E-state index in [9.17, 15) is 30.0 Å². The topological polar surface area (TPSA) is 164 Å². The molecule has 0 unspecified atom stereocenters. The first-order valence-corrected chi connectivity index (χ1v) is 8.53. The summed E-state index contributed by atoms with van der Waals surface area (Å²) in [5.74, 6) is -1.16. The third kappa shape index (κ3) is 7.21. The lowest BCUT2D eigenvalue weighted by Gasteiger charge is -2.02. The minimum absolute atomic E-state index is 0.0356. The Hall–Kier alpha value is -4.08. The number of nitrogens with zero attached hydrogens (tertiary/aromatic N) is 2. The predicted molar refractivity (Wildman–Crippen MR) is 105 cm³/mol. The quantitative estimate of drug-likeness (QED) is 0.222. The van der Waals surface area contributed by atoms with Gasteiger partial charge in [-0.1, -0.05) is 0 Å².